The van der Waals surface area contributed by atoms with E-state index in [2.05, 4.69) is 49.7 Å². The van der Waals surface area contributed by atoms with Crippen molar-refractivity contribution in [2.24, 2.45) is 11.7 Å². The summed E-state index contributed by atoms with van der Waals surface area (Å²) in [6, 6.07) is 2.88. The van der Waals surface area contributed by atoms with Crippen LogP contribution in [0, 0.1) is 5.92 Å². The van der Waals surface area contributed by atoms with Gasteiger partial charge in [0.25, 0.3) is 0 Å². The Morgan fingerprint density at radius 3 is 2.50 bits per heavy atom. The first-order valence-corrected chi connectivity index (χ1v) is 7.41. The van der Waals surface area contributed by atoms with Gasteiger partial charge in [-0.2, -0.15) is 5.10 Å². The molecular weight excluding hydrogens is 222 g/mol. The van der Waals surface area contributed by atoms with Gasteiger partial charge in [-0.25, -0.2) is 0 Å². The van der Waals surface area contributed by atoms with Crippen molar-refractivity contribution < 1.29 is 0 Å². The monoisotopic (exact) mass is 251 g/mol. The average Bonchev–Trinajstić information content (AvgIpc) is 2.79. The maximum atomic E-state index is 6.24. The average molecular weight is 251 g/mol. The van der Waals surface area contributed by atoms with E-state index in [1.807, 2.05) is 0 Å². The van der Waals surface area contributed by atoms with Crippen molar-refractivity contribution in [2.75, 3.05) is 0 Å². The lowest BCUT2D eigenvalue weighted by Crippen LogP contribution is -2.30. The molecule has 2 N–H and O–H groups in total. The minimum absolute atomic E-state index is 0.231. The fourth-order valence-corrected chi connectivity index (χ4v) is 2.46. The fourth-order valence-electron chi connectivity index (χ4n) is 2.46. The highest BCUT2D eigenvalue weighted by molar-refractivity contribution is 5.02. The van der Waals surface area contributed by atoms with Gasteiger partial charge in [0.15, 0.2) is 0 Å². The summed E-state index contributed by atoms with van der Waals surface area (Å²) in [6.07, 6.45) is 7.68. The highest BCUT2D eigenvalue weighted by Crippen LogP contribution is 2.16. The van der Waals surface area contributed by atoms with Crippen LogP contribution in [0.4, 0.5) is 0 Å². The Bertz CT molecular complexity index is 328. The quantitative estimate of drug-likeness (QED) is 0.768. The zero-order chi connectivity index (χ0) is 13.5. The molecule has 0 aliphatic carbocycles. The minimum Gasteiger partial charge on any atom is -0.327 e. The van der Waals surface area contributed by atoms with Crippen molar-refractivity contribution in [3.05, 3.63) is 18.0 Å². The van der Waals surface area contributed by atoms with Crippen molar-refractivity contribution in [3.63, 3.8) is 0 Å². The molecule has 0 aliphatic heterocycles. The molecular formula is C15H29N3. The van der Waals surface area contributed by atoms with E-state index in [0.29, 0.717) is 12.0 Å². The second kappa shape index (κ2) is 7.57. The summed E-state index contributed by atoms with van der Waals surface area (Å²) in [4.78, 5) is 0. The molecule has 2 atom stereocenters. The van der Waals surface area contributed by atoms with Gasteiger partial charge in [-0.3, -0.25) is 4.68 Å². The smallest absolute Gasteiger partial charge is 0.0640 e. The van der Waals surface area contributed by atoms with E-state index in [9.17, 15) is 0 Å². The Morgan fingerprint density at radius 1 is 1.28 bits per heavy atom. The molecule has 1 aromatic rings. The molecule has 0 fully saturated rings. The van der Waals surface area contributed by atoms with Crippen molar-refractivity contribution in [1.82, 2.24) is 9.78 Å². The highest BCUT2D eigenvalue weighted by atomic mass is 15.3. The van der Waals surface area contributed by atoms with Crippen LogP contribution in [0.1, 0.15) is 65.1 Å². The molecule has 0 radical (unpaired) electrons. The Balaban J connectivity index is 2.58. The molecule has 1 rings (SSSR count). The molecule has 0 bridgehead atoms. The van der Waals surface area contributed by atoms with Crippen LogP contribution in [0.15, 0.2) is 12.3 Å². The predicted molar refractivity (Wildman–Crippen MR) is 77.6 cm³/mol. The number of aromatic nitrogens is 2. The summed E-state index contributed by atoms with van der Waals surface area (Å²) in [5.41, 5.74) is 7.37. The van der Waals surface area contributed by atoms with E-state index in [1.165, 1.54) is 12.8 Å². The molecule has 104 valence electrons. The molecule has 0 amide bonds. The van der Waals surface area contributed by atoms with E-state index in [4.69, 9.17) is 5.73 Å². The van der Waals surface area contributed by atoms with Crippen molar-refractivity contribution in [3.8, 4) is 0 Å². The molecule has 1 heterocycles. The largest absolute Gasteiger partial charge is 0.327 e. The van der Waals surface area contributed by atoms with Gasteiger partial charge in [0.2, 0.25) is 0 Å². The van der Waals surface area contributed by atoms with Crippen molar-refractivity contribution in [2.45, 2.75) is 71.9 Å². The first-order chi connectivity index (χ1) is 8.62. The molecule has 0 aromatic carbocycles. The Labute approximate surface area is 112 Å². The summed E-state index contributed by atoms with van der Waals surface area (Å²) >= 11 is 0. The van der Waals surface area contributed by atoms with Crippen LogP contribution in [0.25, 0.3) is 0 Å². The summed E-state index contributed by atoms with van der Waals surface area (Å²) < 4.78 is 2.10. The molecule has 0 saturated carbocycles. The first kappa shape index (κ1) is 15.2. The van der Waals surface area contributed by atoms with Crippen molar-refractivity contribution >= 4 is 0 Å². The topological polar surface area (TPSA) is 43.8 Å². The predicted octanol–water partition coefficient (Wildman–Crippen LogP) is 3.55. The molecule has 1 aromatic heterocycles. The van der Waals surface area contributed by atoms with Crippen LogP contribution in [0.2, 0.25) is 0 Å². The van der Waals surface area contributed by atoms with Crippen LogP contribution in [0.3, 0.4) is 0 Å². The number of rotatable bonds is 8. The fraction of sp³-hybridized carbons (Fsp3) is 0.800. The molecule has 3 heteroatoms. The van der Waals surface area contributed by atoms with Gasteiger partial charge in [-0.15, -0.1) is 0 Å². The third-order valence-corrected chi connectivity index (χ3v) is 3.90. The number of hydrogen-bond acceptors (Lipinski definition) is 2. The second-order valence-electron chi connectivity index (χ2n) is 5.39. The highest BCUT2D eigenvalue weighted by Gasteiger charge is 2.15. The second-order valence-corrected chi connectivity index (χ2v) is 5.39. The molecule has 2 unspecified atom stereocenters. The van der Waals surface area contributed by atoms with Gasteiger partial charge in [0.1, 0.15) is 0 Å². The first-order valence-electron chi connectivity index (χ1n) is 7.41. The molecule has 0 spiro atoms. The summed E-state index contributed by atoms with van der Waals surface area (Å²) in [5.74, 6) is 0.577. The van der Waals surface area contributed by atoms with E-state index in [0.717, 1.165) is 25.0 Å². The van der Waals surface area contributed by atoms with Crippen LogP contribution in [0.5, 0.6) is 0 Å². The van der Waals surface area contributed by atoms with Gasteiger partial charge in [0, 0.05) is 18.7 Å². The number of nitrogens with zero attached hydrogens (tertiary/aromatic N) is 2. The van der Waals surface area contributed by atoms with Gasteiger partial charge < -0.3 is 5.73 Å². The summed E-state index contributed by atoms with van der Waals surface area (Å²) in [6.45, 7) is 8.88. The minimum atomic E-state index is 0.231. The van der Waals surface area contributed by atoms with E-state index >= 15 is 0 Å². The Morgan fingerprint density at radius 2 is 1.94 bits per heavy atom. The third-order valence-electron chi connectivity index (χ3n) is 3.90. The standard InChI is InChI=1S/C15H29N3/c1-5-8-12(4)15(16)11-13-9-10-18(17-13)14(6-2)7-3/h9-10,12,14-15H,5-8,11,16H2,1-4H3. The lowest BCUT2D eigenvalue weighted by molar-refractivity contribution is 0.404. The van der Waals surface area contributed by atoms with Gasteiger partial charge in [-0.1, -0.05) is 34.1 Å². The van der Waals surface area contributed by atoms with Crippen molar-refractivity contribution in [1.29, 1.82) is 0 Å². The normalized spacial score (nSPS) is 15.0. The molecule has 0 saturated heterocycles. The summed E-state index contributed by atoms with van der Waals surface area (Å²) in [7, 11) is 0. The maximum Gasteiger partial charge on any atom is 0.0640 e. The zero-order valence-electron chi connectivity index (χ0n) is 12.4. The molecule has 3 nitrogen and oxygen atoms in total. The zero-order valence-corrected chi connectivity index (χ0v) is 12.4. The van der Waals surface area contributed by atoms with Crippen LogP contribution in [-0.4, -0.2) is 15.8 Å². The SMILES string of the molecule is CCCC(C)C(N)Cc1ccn(C(CC)CC)n1. The van der Waals surface area contributed by atoms with Gasteiger partial charge in [-0.05, 0) is 31.2 Å². The number of nitrogens with two attached hydrogens (primary N) is 1. The molecule has 18 heavy (non-hydrogen) atoms. The number of hydrogen-bond donors (Lipinski definition) is 1. The van der Waals surface area contributed by atoms with Crippen LogP contribution < -0.4 is 5.73 Å². The van der Waals surface area contributed by atoms with E-state index in [-0.39, 0.29) is 6.04 Å². The lowest BCUT2D eigenvalue weighted by Gasteiger charge is -2.18. The Kier molecular flexibility index (Phi) is 6.41. The lowest BCUT2D eigenvalue weighted by atomic mass is 9.94. The Hall–Kier alpha value is -0.830. The van der Waals surface area contributed by atoms with E-state index in [1.54, 1.807) is 0 Å². The maximum absolute atomic E-state index is 6.24. The van der Waals surface area contributed by atoms with Gasteiger partial charge in [0.05, 0.1) is 11.7 Å². The van der Waals surface area contributed by atoms with Crippen LogP contribution in [-0.2, 0) is 6.42 Å². The van der Waals surface area contributed by atoms with E-state index < -0.39 is 0 Å². The van der Waals surface area contributed by atoms with Crippen LogP contribution >= 0.6 is 0 Å². The third kappa shape index (κ3) is 4.13. The van der Waals surface area contributed by atoms with Gasteiger partial charge >= 0.3 is 0 Å². The molecule has 0 aliphatic rings. The summed E-state index contributed by atoms with van der Waals surface area (Å²) in [5, 5.41) is 4.67.